The van der Waals surface area contributed by atoms with Gasteiger partial charge in [-0.25, -0.2) is 13.3 Å². The molecule has 13 heteroatoms. The third kappa shape index (κ3) is 3.89. The second kappa shape index (κ2) is 8.08. The lowest BCUT2D eigenvalue weighted by Crippen LogP contribution is -2.46. The first-order chi connectivity index (χ1) is 15.5. The number of amidine groups is 3. The number of furan rings is 1. The number of nitrogens with one attached hydrogen (secondary N) is 1. The Bertz CT molecular complexity index is 1420. The summed E-state index contributed by atoms with van der Waals surface area (Å²) in [5.41, 5.74) is 0.985. The number of non-ortho nitro benzene ring substituents is 1. The molecule has 0 spiro atoms. The van der Waals surface area contributed by atoms with Crippen LogP contribution in [0.2, 0.25) is 0 Å². The van der Waals surface area contributed by atoms with Crippen molar-refractivity contribution in [2.75, 3.05) is 0 Å². The van der Waals surface area contributed by atoms with E-state index in [1.807, 2.05) is 0 Å². The molecule has 2 aliphatic heterocycles. The minimum absolute atomic E-state index is 0.00581. The molecule has 2 aliphatic rings. The first kappa shape index (κ1) is 22.6. The number of aliphatic imine (C=N–C) groups is 1. The molecule has 170 valence electrons. The zero-order chi connectivity index (χ0) is 24.1. The lowest BCUT2D eigenvalue weighted by atomic mass is 10.1. The van der Waals surface area contributed by atoms with Crippen LogP contribution in [0.1, 0.15) is 25.2 Å². The van der Waals surface area contributed by atoms with Crippen molar-refractivity contribution in [3.05, 3.63) is 57.3 Å². The van der Waals surface area contributed by atoms with Crippen LogP contribution in [0.25, 0.3) is 17.4 Å². The SMILES string of the molecule is Cc1ccc([N+](=O)[O-])cc1-c1ccc(/C=C2/C(=N)N3C(=NC2=O)SN=C3S(=O)(=O)C(C)C)o1. The fraction of sp³-hybridized carbons (Fsp3) is 0.200. The summed E-state index contributed by atoms with van der Waals surface area (Å²) in [6, 6.07) is 7.51. The van der Waals surface area contributed by atoms with Gasteiger partial charge in [-0.3, -0.25) is 20.3 Å². The predicted octanol–water partition coefficient (Wildman–Crippen LogP) is 3.56. The molecule has 0 unspecified atom stereocenters. The van der Waals surface area contributed by atoms with Crippen LogP contribution >= 0.6 is 11.9 Å². The fourth-order valence-electron chi connectivity index (χ4n) is 3.10. The van der Waals surface area contributed by atoms with E-state index in [9.17, 15) is 23.3 Å². The molecule has 0 radical (unpaired) electrons. The Hall–Kier alpha value is -3.58. The van der Waals surface area contributed by atoms with Crippen molar-refractivity contribution in [2.24, 2.45) is 9.39 Å². The second-order valence-corrected chi connectivity index (χ2v) is 10.6. The van der Waals surface area contributed by atoms with Gasteiger partial charge in [0.15, 0.2) is 0 Å². The Labute approximate surface area is 192 Å². The summed E-state index contributed by atoms with van der Waals surface area (Å²) in [5, 5.41) is 18.4. The van der Waals surface area contributed by atoms with Gasteiger partial charge < -0.3 is 4.42 Å². The van der Waals surface area contributed by atoms with Crippen LogP contribution in [0.15, 0.2) is 49.7 Å². The summed E-state index contributed by atoms with van der Waals surface area (Å²) in [5.74, 6) is -0.591. The minimum Gasteiger partial charge on any atom is -0.457 e. The van der Waals surface area contributed by atoms with Crippen LogP contribution in [0, 0.1) is 22.4 Å². The van der Waals surface area contributed by atoms with Gasteiger partial charge >= 0.3 is 0 Å². The molecule has 2 aromatic rings. The first-order valence-electron chi connectivity index (χ1n) is 9.58. The molecule has 1 aromatic carbocycles. The predicted molar refractivity (Wildman–Crippen MR) is 125 cm³/mol. The van der Waals surface area contributed by atoms with Crippen molar-refractivity contribution in [3.63, 3.8) is 0 Å². The highest BCUT2D eigenvalue weighted by Crippen LogP contribution is 2.33. The number of rotatable bonds is 4. The molecule has 0 saturated heterocycles. The van der Waals surface area contributed by atoms with Gasteiger partial charge in [0.25, 0.3) is 11.6 Å². The molecule has 0 atom stereocenters. The van der Waals surface area contributed by atoms with Crippen molar-refractivity contribution in [1.29, 1.82) is 5.41 Å². The number of hydrogen-bond donors (Lipinski definition) is 1. The highest BCUT2D eigenvalue weighted by Gasteiger charge is 2.43. The van der Waals surface area contributed by atoms with E-state index in [1.165, 1.54) is 32.1 Å². The van der Waals surface area contributed by atoms with Crippen molar-refractivity contribution < 1.29 is 22.6 Å². The quantitative estimate of drug-likeness (QED) is 0.296. The van der Waals surface area contributed by atoms with Crippen molar-refractivity contribution >= 4 is 55.6 Å². The molecule has 0 fully saturated rings. The number of sulfone groups is 1. The largest absolute Gasteiger partial charge is 0.457 e. The Balaban J connectivity index is 1.71. The van der Waals surface area contributed by atoms with Crippen LogP contribution in [0.3, 0.4) is 0 Å². The average molecular weight is 488 g/mol. The summed E-state index contributed by atoms with van der Waals surface area (Å²) < 4.78 is 35.0. The maximum atomic E-state index is 12.6. The molecular formula is C20H17N5O6S2. The highest BCUT2D eigenvalue weighted by molar-refractivity contribution is 8.16. The molecule has 4 rings (SSSR count). The topological polar surface area (TPSA) is 159 Å². The van der Waals surface area contributed by atoms with Crippen LogP contribution in [0.5, 0.6) is 0 Å². The van der Waals surface area contributed by atoms with Crippen LogP contribution < -0.4 is 0 Å². The second-order valence-electron chi connectivity index (χ2n) is 7.46. The van der Waals surface area contributed by atoms with Gasteiger partial charge in [-0.05, 0) is 44.5 Å². The molecule has 0 bridgehead atoms. The standard InChI is InChI=1S/C20H17N5O6S2/c1-10(2)33(29,30)20-23-32-19-22-18(26)15(17(21)24(19)20)9-13-6-7-16(31-13)14-8-12(25(27)28)5-4-11(14)3/h4-10,21H,1-3H3/b15-9-,21-17?. The summed E-state index contributed by atoms with van der Waals surface area (Å²) in [6.45, 7) is 4.76. The molecule has 0 aliphatic carbocycles. The smallest absolute Gasteiger partial charge is 0.283 e. The first-order valence-corrected chi connectivity index (χ1v) is 11.9. The zero-order valence-corrected chi connectivity index (χ0v) is 19.2. The number of carbonyl (C=O) groups excluding carboxylic acids is 1. The molecule has 1 amide bonds. The summed E-state index contributed by atoms with van der Waals surface area (Å²) in [7, 11) is -3.83. The van der Waals surface area contributed by atoms with Crippen molar-refractivity contribution in [1.82, 2.24) is 4.90 Å². The fourth-order valence-corrected chi connectivity index (χ4v) is 5.16. The zero-order valence-electron chi connectivity index (χ0n) is 17.6. The normalized spacial score (nSPS) is 17.5. The number of aryl methyl sites for hydroxylation is 1. The van der Waals surface area contributed by atoms with Gasteiger partial charge in [-0.1, -0.05) is 6.07 Å². The molecule has 1 N–H and O–H groups in total. The molecule has 3 heterocycles. The van der Waals surface area contributed by atoms with E-state index in [4.69, 9.17) is 9.83 Å². The Morgan fingerprint density at radius 3 is 2.67 bits per heavy atom. The average Bonchev–Trinajstić information content (AvgIpc) is 3.38. The lowest BCUT2D eigenvalue weighted by molar-refractivity contribution is -0.384. The summed E-state index contributed by atoms with van der Waals surface area (Å²) in [4.78, 5) is 28.0. The van der Waals surface area contributed by atoms with Crippen LogP contribution in [-0.4, -0.2) is 45.6 Å². The Morgan fingerprint density at radius 1 is 1.27 bits per heavy atom. The van der Waals surface area contributed by atoms with Crippen LogP contribution in [0.4, 0.5) is 5.69 Å². The maximum absolute atomic E-state index is 12.6. The van der Waals surface area contributed by atoms with E-state index >= 15 is 0 Å². The number of amides is 1. The Morgan fingerprint density at radius 2 is 2.00 bits per heavy atom. The highest BCUT2D eigenvalue weighted by atomic mass is 32.2. The molecule has 33 heavy (non-hydrogen) atoms. The van der Waals surface area contributed by atoms with Gasteiger partial charge in [0.2, 0.25) is 20.2 Å². The van der Waals surface area contributed by atoms with E-state index in [0.717, 1.165) is 22.4 Å². The minimum atomic E-state index is -3.83. The molecule has 0 saturated carbocycles. The number of fused-ring (bicyclic) bond motifs is 1. The van der Waals surface area contributed by atoms with Crippen molar-refractivity contribution in [3.8, 4) is 11.3 Å². The molecule has 1 aromatic heterocycles. The number of nitro groups is 1. The maximum Gasteiger partial charge on any atom is 0.283 e. The molecule has 11 nitrogen and oxygen atoms in total. The number of nitro benzene ring substituents is 1. The van der Waals surface area contributed by atoms with E-state index in [2.05, 4.69) is 9.39 Å². The summed E-state index contributed by atoms with van der Waals surface area (Å²) >= 11 is 0.719. The third-order valence-electron chi connectivity index (χ3n) is 4.98. The van der Waals surface area contributed by atoms with Gasteiger partial charge in [-0.2, -0.15) is 9.39 Å². The van der Waals surface area contributed by atoms with Gasteiger partial charge in [0, 0.05) is 17.7 Å². The van der Waals surface area contributed by atoms with Gasteiger partial charge in [-0.15, -0.1) is 0 Å². The number of hydrogen-bond acceptors (Lipinski definition) is 9. The third-order valence-corrected chi connectivity index (χ3v) is 7.82. The monoisotopic (exact) mass is 487 g/mol. The van der Waals surface area contributed by atoms with Gasteiger partial charge in [0.1, 0.15) is 17.4 Å². The number of carbonyl (C=O) groups is 1. The lowest BCUT2D eigenvalue weighted by Gasteiger charge is -2.25. The Kier molecular flexibility index (Phi) is 5.54. The number of nitrogens with zero attached hydrogens (tertiary/aromatic N) is 4. The number of benzene rings is 1. The van der Waals surface area contributed by atoms with E-state index < -0.39 is 25.9 Å². The van der Waals surface area contributed by atoms with E-state index in [1.54, 1.807) is 25.1 Å². The van der Waals surface area contributed by atoms with E-state index in [0.29, 0.717) is 11.3 Å². The summed E-state index contributed by atoms with van der Waals surface area (Å²) in [6.07, 6.45) is 1.28. The van der Waals surface area contributed by atoms with E-state index in [-0.39, 0.29) is 33.2 Å². The van der Waals surface area contributed by atoms with Crippen LogP contribution in [-0.2, 0) is 14.6 Å². The molecular weight excluding hydrogens is 470 g/mol. The van der Waals surface area contributed by atoms with Crippen molar-refractivity contribution in [2.45, 2.75) is 26.0 Å². The van der Waals surface area contributed by atoms with Gasteiger partial charge in [0.05, 0.1) is 27.7 Å².